The molecule has 0 aliphatic carbocycles. The molecular formula is C49H95O9P. The summed E-state index contributed by atoms with van der Waals surface area (Å²) in [5.74, 6) is -0.386. The summed E-state index contributed by atoms with van der Waals surface area (Å²) in [6, 6.07) is 0. The van der Waals surface area contributed by atoms with Crippen LogP contribution in [0.5, 0.6) is 0 Å². The van der Waals surface area contributed by atoms with E-state index in [9.17, 15) is 19.4 Å². The van der Waals surface area contributed by atoms with Gasteiger partial charge in [0, 0.05) is 13.0 Å². The third-order valence-corrected chi connectivity index (χ3v) is 11.8. The molecule has 0 radical (unpaired) electrons. The Morgan fingerprint density at radius 1 is 0.525 bits per heavy atom. The lowest BCUT2D eigenvalue weighted by Crippen LogP contribution is -2.29. The Labute approximate surface area is 363 Å². The molecule has 10 heteroatoms. The van der Waals surface area contributed by atoms with Crippen LogP contribution in [0.2, 0.25) is 0 Å². The topological polar surface area (TPSA) is 132 Å². The first kappa shape index (κ1) is 57.9. The van der Waals surface area contributed by atoms with Gasteiger partial charge in [-0.15, -0.1) is 0 Å². The molecule has 3 unspecified atom stereocenters. The van der Waals surface area contributed by atoms with Gasteiger partial charge in [-0.2, -0.15) is 0 Å². The van der Waals surface area contributed by atoms with Gasteiger partial charge in [0.2, 0.25) is 0 Å². The molecule has 0 spiro atoms. The van der Waals surface area contributed by atoms with Crippen molar-refractivity contribution in [3.05, 3.63) is 24.3 Å². The summed E-state index contributed by atoms with van der Waals surface area (Å²) >= 11 is 0. The van der Waals surface area contributed by atoms with Gasteiger partial charge in [-0.25, -0.2) is 4.57 Å². The number of allylic oxidation sites excluding steroid dienone is 4. The third-order valence-electron chi connectivity index (χ3n) is 10.9. The van der Waals surface area contributed by atoms with Crippen molar-refractivity contribution < 1.29 is 43.0 Å². The zero-order valence-electron chi connectivity index (χ0n) is 38.5. The molecule has 0 rings (SSSR count). The number of carbonyl (C=O) groups excluding carboxylic acids is 1. The maximum atomic E-state index is 12.7. The van der Waals surface area contributed by atoms with Crippen LogP contribution in [0.25, 0.3) is 0 Å². The molecule has 0 fully saturated rings. The fourth-order valence-electron chi connectivity index (χ4n) is 7.09. The van der Waals surface area contributed by atoms with Gasteiger partial charge in [-0.3, -0.25) is 13.8 Å². The number of unbranched alkanes of at least 4 members (excludes halogenated alkanes) is 30. The first-order valence-electron chi connectivity index (χ1n) is 24.8. The summed E-state index contributed by atoms with van der Waals surface area (Å²) in [6.07, 6.45) is 50.0. The molecule has 59 heavy (non-hydrogen) atoms. The lowest BCUT2D eigenvalue weighted by Gasteiger charge is -2.20. The number of ether oxygens (including phenoxy) is 2. The smallest absolute Gasteiger partial charge is 0.457 e. The number of esters is 1. The van der Waals surface area contributed by atoms with Crippen LogP contribution in [0, 0.1) is 0 Å². The average Bonchev–Trinajstić information content (AvgIpc) is 3.23. The molecule has 0 bridgehead atoms. The Morgan fingerprint density at radius 2 is 0.915 bits per heavy atom. The molecule has 350 valence electrons. The van der Waals surface area contributed by atoms with Crippen LogP contribution in [-0.2, 0) is 27.9 Å². The largest absolute Gasteiger partial charge is 0.472 e. The minimum atomic E-state index is -4.52. The van der Waals surface area contributed by atoms with Crippen molar-refractivity contribution in [2.45, 2.75) is 251 Å². The molecule has 0 aromatic rings. The van der Waals surface area contributed by atoms with Crippen LogP contribution in [-0.4, -0.2) is 66.3 Å². The number of hydrogen-bond acceptors (Lipinski definition) is 8. The van der Waals surface area contributed by atoms with E-state index in [2.05, 4.69) is 38.2 Å². The fourth-order valence-corrected chi connectivity index (χ4v) is 7.88. The van der Waals surface area contributed by atoms with Gasteiger partial charge in [0.05, 0.1) is 26.4 Å². The second-order valence-electron chi connectivity index (χ2n) is 16.8. The Balaban J connectivity index is 4.07. The minimum Gasteiger partial charge on any atom is -0.457 e. The number of aliphatic hydroxyl groups excluding tert-OH is 2. The highest BCUT2D eigenvalue weighted by atomic mass is 31.2. The van der Waals surface area contributed by atoms with E-state index in [-0.39, 0.29) is 25.6 Å². The van der Waals surface area contributed by atoms with E-state index in [4.69, 9.17) is 23.6 Å². The molecule has 0 aromatic heterocycles. The SMILES string of the molecule is CCCCCC/C=C\C/C=C\CCCCCCCCCC(=O)OC(COCCCCCCCCCCCCCCCCCCCCCC)COP(=O)(O)OCC(O)CO. The Morgan fingerprint density at radius 3 is 1.37 bits per heavy atom. The number of hydrogen-bond donors (Lipinski definition) is 3. The number of phosphoric ester groups is 1. The van der Waals surface area contributed by atoms with E-state index in [1.807, 2.05) is 0 Å². The van der Waals surface area contributed by atoms with Crippen molar-refractivity contribution in [2.75, 3.05) is 33.0 Å². The van der Waals surface area contributed by atoms with E-state index in [1.54, 1.807) is 0 Å². The zero-order valence-corrected chi connectivity index (χ0v) is 39.4. The predicted molar refractivity (Wildman–Crippen MR) is 247 cm³/mol. The highest BCUT2D eigenvalue weighted by Gasteiger charge is 2.26. The monoisotopic (exact) mass is 859 g/mol. The Bertz CT molecular complexity index is 975. The van der Waals surface area contributed by atoms with Crippen molar-refractivity contribution >= 4 is 13.8 Å². The molecule has 0 aromatic carbocycles. The maximum Gasteiger partial charge on any atom is 0.472 e. The summed E-state index contributed by atoms with van der Waals surface area (Å²) in [4.78, 5) is 22.7. The molecule has 0 saturated heterocycles. The van der Waals surface area contributed by atoms with Crippen LogP contribution in [0.3, 0.4) is 0 Å². The van der Waals surface area contributed by atoms with E-state index in [0.29, 0.717) is 6.61 Å². The van der Waals surface area contributed by atoms with Crippen molar-refractivity contribution in [1.29, 1.82) is 0 Å². The van der Waals surface area contributed by atoms with Gasteiger partial charge < -0.3 is 24.6 Å². The molecule has 3 N–H and O–H groups in total. The predicted octanol–water partition coefficient (Wildman–Crippen LogP) is 14.2. The normalized spacial score (nSPS) is 14.1. The number of carbonyl (C=O) groups is 1. The van der Waals surface area contributed by atoms with E-state index < -0.39 is 33.2 Å². The van der Waals surface area contributed by atoms with Gasteiger partial charge in [-0.05, 0) is 44.9 Å². The van der Waals surface area contributed by atoms with Crippen molar-refractivity contribution in [3.8, 4) is 0 Å². The summed E-state index contributed by atoms with van der Waals surface area (Å²) in [5, 5.41) is 18.4. The van der Waals surface area contributed by atoms with E-state index in [1.165, 1.54) is 167 Å². The molecule has 0 saturated carbocycles. The van der Waals surface area contributed by atoms with Crippen LogP contribution in [0.1, 0.15) is 239 Å². The third kappa shape index (κ3) is 46.3. The van der Waals surface area contributed by atoms with Crippen LogP contribution >= 0.6 is 7.82 Å². The minimum absolute atomic E-state index is 0.0507. The summed E-state index contributed by atoms with van der Waals surface area (Å²) in [7, 11) is -4.52. The average molecular weight is 859 g/mol. The van der Waals surface area contributed by atoms with Gasteiger partial charge in [0.25, 0.3) is 0 Å². The maximum absolute atomic E-state index is 12.7. The first-order chi connectivity index (χ1) is 28.8. The molecule has 0 heterocycles. The number of aliphatic hydroxyl groups is 2. The summed E-state index contributed by atoms with van der Waals surface area (Å²) < 4.78 is 33.5. The Kier molecular flexibility index (Phi) is 45.6. The van der Waals surface area contributed by atoms with E-state index >= 15 is 0 Å². The summed E-state index contributed by atoms with van der Waals surface area (Å²) in [5.41, 5.74) is 0. The molecular weight excluding hydrogens is 764 g/mol. The zero-order chi connectivity index (χ0) is 43.2. The second kappa shape index (κ2) is 46.4. The first-order valence-corrected chi connectivity index (χ1v) is 26.3. The highest BCUT2D eigenvalue weighted by molar-refractivity contribution is 7.47. The van der Waals surface area contributed by atoms with Crippen molar-refractivity contribution in [1.82, 2.24) is 0 Å². The molecule has 0 amide bonds. The molecule has 0 aliphatic heterocycles. The van der Waals surface area contributed by atoms with Gasteiger partial charge in [0.1, 0.15) is 12.2 Å². The Hall–Kier alpha value is -1.06. The standard InChI is InChI=1S/C49H95O9P/c1-3-5-7-9-11-13-15-17-19-21-23-24-26-28-30-32-34-36-38-40-42-55-45-48(46-57-59(53,54)56-44-47(51)43-50)58-49(52)41-39-37-35-33-31-29-27-25-22-20-18-16-14-12-10-8-6-4-2/h14,16,20,22,47-48,50-51H,3-13,15,17-19,21,23-46H2,1-2H3,(H,53,54)/b16-14-,22-20-. The highest BCUT2D eigenvalue weighted by Crippen LogP contribution is 2.43. The van der Waals surface area contributed by atoms with Crippen LogP contribution in [0.4, 0.5) is 0 Å². The lowest BCUT2D eigenvalue weighted by molar-refractivity contribution is -0.154. The van der Waals surface area contributed by atoms with E-state index in [0.717, 1.165) is 51.4 Å². The molecule has 9 nitrogen and oxygen atoms in total. The lowest BCUT2D eigenvalue weighted by atomic mass is 10.0. The van der Waals surface area contributed by atoms with Gasteiger partial charge in [0.15, 0.2) is 0 Å². The van der Waals surface area contributed by atoms with Crippen LogP contribution < -0.4 is 0 Å². The second-order valence-corrected chi connectivity index (χ2v) is 18.3. The van der Waals surface area contributed by atoms with Crippen molar-refractivity contribution in [2.24, 2.45) is 0 Å². The summed E-state index contributed by atoms with van der Waals surface area (Å²) in [6.45, 7) is 3.54. The van der Waals surface area contributed by atoms with Gasteiger partial charge in [-0.1, -0.05) is 212 Å². The number of rotatable bonds is 48. The van der Waals surface area contributed by atoms with Gasteiger partial charge >= 0.3 is 13.8 Å². The molecule has 3 atom stereocenters. The quantitative estimate of drug-likeness (QED) is 0.0237. The van der Waals surface area contributed by atoms with Crippen molar-refractivity contribution in [3.63, 3.8) is 0 Å². The fraction of sp³-hybridized carbons (Fsp3) is 0.898. The molecule has 0 aliphatic rings. The number of phosphoric acid groups is 1. The van der Waals surface area contributed by atoms with Crippen LogP contribution in [0.15, 0.2) is 24.3 Å².